The largest absolute Gasteiger partial charge is 0.497 e. The Balaban J connectivity index is 1.98. The maximum Gasteiger partial charge on any atom is 0.119 e. The van der Waals surface area contributed by atoms with Crippen molar-refractivity contribution >= 4 is 38.3 Å². The molecule has 0 bridgehead atoms. The minimum Gasteiger partial charge on any atom is -0.497 e. The topological polar surface area (TPSA) is 9.23 Å². The minimum atomic E-state index is -0.149. The molecule has 1 unspecified atom stereocenters. The van der Waals surface area contributed by atoms with Crippen LogP contribution in [0.4, 0.5) is 0 Å². The van der Waals surface area contributed by atoms with Gasteiger partial charge in [0.15, 0.2) is 0 Å². The van der Waals surface area contributed by atoms with E-state index < -0.39 is 0 Å². The molecule has 21 heavy (non-hydrogen) atoms. The fraction of sp³-hybridized carbons (Fsp3) is 0.111. The highest BCUT2D eigenvalue weighted by Gasteiger charge is 2.11. The second kappa shape index (κ2) is 6.08. The van der Waals surface area contributed by atoms with Gasteiger partial charge in [-0.1, -0.05) is 46.3 Å². The highest BCUT2D eigenvalue weighted by molar-refractivity contribution is 9.10. The van der Waals surface area contributed by atoms with Crippen molar-refractivity contribution in [3.05, 3.63) is 76.3 Å². The average Bonchev–Trinajstić information content (AvgIpc) is 2.54. The average molecular weight is 362 g/mol. The van der Waals surface area contributed by atoms with Crippen molar-refractivity contribution in [3.8, 4) is 5.75 Å². The molecule has 3 aromatic carbocycles. The molecule has 1 atom stereocenters. The van der Waals surface area contributed by atoms with Gasteiger partial charge < -0.3 is 4.74 Å². The second-order valence-corrected chi connectivity index (χ2v) is 6.24. The maximum atomic E-state index is 6.60. The van der Waals surface area contributed by atoms with Crippen molar-refractivity contribution in [2.24, 2.45) is 0 Å². The highest BCUT2D eigenvalue weighted by atomic mass is 79.9. The van der Waals surface area contributed by atoms with Crippen LogP contribution in [0.25, 0.3) is 10.8 Å². The van der Waals surface area contributed by atoms with E-state index in [1.807, 2.05) is 36.4 Å². The molecule has 0 N–H and O–H groups in total. The van der Waals surface area contributed by atoms with E-state index in [0.717, 1.165) is 32.1 Å². The van der Waals surface area contributed by atoms with E-state index in [-0.39, 0.29) is 5.38 Å². The van der Waals surface area contributed by atoms with E-state index in [1.54, 1.807) is 7.11 Å². The lowest BCUT2D eigenvalue weighted by atomic mass is 10.0. The zero-order valence-corrected chi connectivity index (χ0v) is 13.9. The SMILES string of the molecule is COc1ccc2cc(C(Cl)c3ccc(Br)cc3)ccc2c1. The molecule has 106 valence electrons. The molecular weight excluding hydrogens is 348 g/mol. The lowest BCUT2D eigenvalue weighted by molar-refractivity contribution is 0.415. The Morgan fingerprint density at radius 2 is 1.48 bits per heavy atom. The third-order valence-corrected chi connectivity index (χ3v) is 4.56. The third kappa shape index (κ3) is 3.07. The van der Waals surface area contributed by atoms with E-state index in [4.69, 9.17) is 16.3 Å². The normalized spacial score (nSPS) is 12.3. The number of fused-ring (bicyclic) bond motifs is 1. The molecule has 3 rings (SSSR count). The van der Waals surface area contributed by atoms with Crippen molar-refractivity contribution in [1.29, 1.82) is 0 Å². The lowest BCUT2D eigenvalue weighted by Crippen LogP contribution is -1.93. The Morgan fingerprint density at radius 1 is 0.857 bits per heavy atom. The van der Waals surface area contributed by atoms with Crippen LogP contribution in [-0.2, 0) is 0 Å². The predicted molar refractivity (Wildman–Crippen MR) is 92.3 cm³/mol. The van der Waals surface area contributed by atoms with Gasteiger partial charge in [-0.15, -0.1) is 11.6 Å². The molecule has 3 heteroatoms. The Kier molecular flexibility index (Phi) is 4.18. The van der Waals surface area contributed by atoms with Gasteiger partial charge in [0.1, 0.15) is 5.75 Å². The number of alkyl halides is 1. The molecule has 0 radical (unpaired) electrons. The molecule has 0 heterocycles. The first kappa shape index (κ1) is 14.4. The van der Waals surface area contributed by atoms with Crippen molar-refractivity contribution < 1.29 is 4.74 Å². The van der Waals surface area contributed by atoms with Crippen molar-refractivity contribution in [3.63, 3.8) is 0 Å². The van der Waals surface area contributed by atoms with Crippen LogP contribution in [0.2, 0.25) is 0 Å². The van der Waals surface area contributed by atoms with Crippen molar-refractivity contribution in [1.82, 2.24) is 0 Å². The van der Waals surface area contributed by atoms with Crippen LogP contribution in [0.3, 0.4) is 0 Å². The summed E-state index contributed by atoms with van der Waals surface area (Å²) in [6, 6.07) is 20.4. The lowest BCUT2D eigenvalue weighted by Gasteiger charge is -2.12. The Bertz CT molecular complexity index is 768. The van der Waals surface area contributed by atoms with Crippen LogP contribution < -0.4 is 4.74 Å². The Morgan fingerprint density at radius 3 is 2.19 bits per heavy atom. The predicted octanol–water partition coefficient (Wildman–Crippen LogP) is 5.94. The van der Waals surface area contributed by atoms with E-state index in [1.165, 1.54) is 0 Å². The zero-order chi connectivity index (χ0) is 14.8. The summed E-state index contributed by atoms with van der Waals surface area (Å²) < 4.78 is 6.31. The third-order valence-electron chi connectivity index (χ3n) is 3.53. The van der Waals surface area contributed by atoms with E-state index in [0.29, 0.717) is 0 Å². The number of hydrogen-bond acceptors (Lipinski definition) is 1. The molecule has 0 aliphatic carbocycles. The molecule has 0 aliphatic heterocycles. The molecule has 0 aliphatic rings. The smallest absolute Gasteiger partial charge is 0.119 e. The molecular formula is C18H14BrClO. The van der Waals surface area contributed by atoms with Gasteiger partial charge in [-0.05, 0) is 52.2 Å². The first-order chi connectivity index (χ1) is 10.2. The molecule has 0 aromatic heterocycles. The van der Waals surface area contributed by atoms with Crippen LogP contribution in [0.1, 0.15) is 16.5 Å². The molecule has 0 amide bonds. The highest BCUT2D eigenvalue weighted by Crippen LogP contribution is 2.32. The summed E-state index contributed by atoms with van der Waals surface area (Å²) in [4.78, 5) is 0. The fourth-order valence-corrected chi connectivity index (χ4v) is 2.90. The number of ether oxygens (including phenoxy) is 1. The van der Waals surface area contributed by atoms with Crippen LogP contribution in [-0.4, -0.2) is 7.11 Å². The number of methoxy groups -OCH3 is 1. The fourth-order valence-electron chi connectivity index (χ4n) is 2.35. The summed E-state index contributed by atoms with van der Waals surface area (Å²) in [5.74, 6) is 0.866. The maximum absolute atomic E-state index is 6.60. The standard InChI is InChI=1S/C18H14BrClO/c1-21-17-9-6-13-10-15(3-2-14(13)11-17)18(20)12-4-7-16(19)8-5-12/h2-11,18H,1H3. The number of halogens is 2. The van der Waals surface area contributed by atoms with Gasteiger partial charge in [-0.3, -0.25) is 0 Å². The zero-order valence-electron chi connectivity index (χ0n) is 11.5. The quantitative estimate of drug-likeness (QED) is 0.525. The van der Waals surface area contributed by atoms with Crippen LogP contribution in [0, 0.1) is 0 Å². The van der Waals surface area contributed by atoms with Gasteiger partial charge in [0.05, 0.1) is 12.5 Å². The summed E-state index contributed by atoms with van der Waals surface area (Å²) in [6.45, 7) is 0. The van der Waals surface area contributed by atoms with E-state index in [9.17, 15) is 0 Å². The first-order valence-electron chi connectivity index (χ1n) is 6.64. The second-order valence-electron chi connectivity index (χ2n) is 4.89. The summed E-state index contributed by atoms with van der Waals surface area (Å²) in [7, 11) is 1.68. The van der Waals surface area contributed by atoms with Gasteiger partial charge in [0, 0.05) is 4.47 Å². The van der Waals surface area contributed by atoms with Crippen LogP contribution in [0.15, 0.2) is 65.1 Å². The molecule has 3 aromatic rings. The Labute approximate surface area is 137 Å². The van der Waals surface area contributed by atoms with E-state index >= 15 is 0 Å². The summed E-state index contributed by atoms with van der Waals surface area (Å²) in [6.07, 6.45) is 0. The number of hydrogen-bond donors (Lipinski definition) is 0. The van der Waals surface area contributed by atoms with Gasteiger partial charge in [-0.2, -0.15) is 0 Å². The van der Waals surface area contributed by atoms with Gasteiger partial charge in [-0.25, -0.2) is 0 Å². The number of rotatable bonds is 3. The van der Waals surface area contributed by atoms with Gasteiger partial charge in [0.2, 0.25) is 0 Å². The van der Waals surface area contributed by atoms with Crippen molar-refractivity contribution in [2.45, 2.75) is 5.38 Å². The molecule has 0 saturated carbocycles. The van der Waals surface area contributed by atoms with Crippen LogP contribution >= 0.6 is 27.5 Å². The summed E-state index contributed by atoms with van der Waals surface area (Å²) in [5.41, 5.74) is 2.18. The minimum absolute atomic E-state index is 0.149. The molecule has 1 nitrogen and oxygen atoms in total. The molecule has 0 spiro atoms. The monoisotopic (exact) mass is 360 g/mol. The summed E-state index contributed by atoms with van der Waals surface area (Å²) in [5, 5.41) is 2.17. The number of benzene rings is 3. The first-order valence-corrected chi connectivity index (χ1v) is 7.87. The molecule has 0 saturated heterocycles. The van der Waals surface area contributed by atoms with Crippen LogP contribution in [0.5, 0.6) is 5.75 Å². The van der Waals surface area contributed by atoms with Gasteiger partial charge in [0.25, 0.3) is 0 Å². The van der Waals surface area contributed by atoms with E-state index in [2.05, 4.69) is 40.2 Å². The summed E-state index contributed by atoms with van der Waals surface area (Å²) >= 11 is 10.0. The van der Waals surface area contributed by atoms with Gasteiger partial charge >= 0.3 is 0 Å². The van der Waals surface area contributed by atoms with Crippen molar-refractivity contribution in [2.75, 3.05) is 7.11 Å². The molecule has 0 fully saturated rings. The Hall–Kier alpha value is -1.51.